The molecule has 0 spiro atoms. The third kappa shape index (κ3) is 5.79. The Morgan fingerprint density at radius 2 is 1.79 bits per heavy atom. The van der Waals surface area contributed by atoms with E-state index < -0.39 is 0 Å². The van der Waals surface area contributed by atoms with Crippen LogP contribution in [-0.2, 0) is 0 Å². The summed E-state index contributed by atoms with van der Waals surface area (Å²) >= 11 is 17.4. The first-order chi connectivity index (χ1) is 13.5. The van der Waals surface area contributed by atoms with Crippen LogP contribution in [0.3, 0.4) is 0 Å². The molecule has 1 aliphatic heterocycles. The van der Waals surface area contributed by atoms with E-state index in [-0.39, 0.29) is 5.91 Å². The van der Waals surface area contributed by atoms with Crippen LogP contribution in [0, 0.1) is 0 Å². The molecule has 0 atom stereocenters. The van der Waals surface area contributed by atoms with Gasteiger partial charge in [0.05, 0.1) is 10.6 Å². The minimum Gasteiger partial charge on any atom is -0.346 e. The zero-order valence-electron chi connectivity index (χ0n) is 15.3. The van der Waals surface area contributed by atoms with E-state index >= 15 is 0 Å². The van der Waals surface area contributed by atoms with Gasteiger partial charge in [-0.15, -0.1) is 0 Å². The van der Waals surface area contributed by atoms with Gasteiger partial charge in [-0.3, -0.25) is 15.0 Å². The molecule has 146 valence electrons. The molecule has 7 heteroatoms. The first-order valence-corrected chi connectivity index (χ1v) is 10.2. The monoisotopic (exact) mass is 433 g/mol. The highest BCUT2D eigenvalue weighted by Gasteiger charge is 2.20. The zero-order chi connectivity index (χ0) is 19.9. The largest absolute Gasteiger partial charge is 0.346 e. The second-order valence-electron chi connectivity index (χ2n) is 6.48. The van der Waals surface area contributed by atoms with Crippen molar-refractivity contribution < 1.29 is 4.79 Å². The summed E-state index contributed by atoms with van der Waals surface area (Å²) in [6, 6.07) is 15.0. The second kappa shape index (κ2) is 10.0. The van der Waals surface area contributed by atoms with Crippen molar-refractivity contribution in [3.8, 4) is 0 Å². The molecule has 2 aromatic rings. The predicted octanol–water partition coefficient (Wildman–Crippen LogP) is 4.34. The Labute approximate surface area is 180 Å². The van der Waals surface area contributed by atoms with Crippen molar-refractivity contribution in [3.63, 3.8) is 0 Å². The van der Waals surface area contributed by atoms with E-state index in [0.717, 1.165) is 32.7 Å². The highest BCUT2D eigenvalue weighted by molar-refractivity contribution is 7.80. The Balaban J connectivity index is 1.45. The lowest BCUT2D eigenvalue weighted by molar-refractivity contribution is 0.0970. The number of piperazine rings is 1. The van der Waals surface area contributed by atoms with Crippen LogP contribution in [0.4, 0.5) is 0 Å². The minimum atomic E-state index is -0.320. The number of nitrogens with one attached hydrogen (secondary N) is 1. The number of benzene rings is 2. The van der Waals surface area contributed by atoms with E-state index in [9.17, 15) is 4.79 Å². The quantitative estimate of drug-likeness (QED) is 0.727. The van der Waals surface area contributed by atoms with Gasteiger partial charge < -0.3 is 4.90 Å². The van der Waals surface area contributed by atoms with E-state index in [1.54, 1.807) is 18.2 Å². The molecule has 2 aromatic carbocycles. The lowest BCUT2D eigenvalue weighted by Crippen LogP contribution is -2.52. The first kappa shape index (κ1) is 20.8. The second-order valence-corrected chi connectivity index (χ2v) is 7.71. The number of hydrogen-bond donors (Lipinski definition) is 1. The van der Waals surface area contributed by atoms with E-state index in [1.807, 2.05) is 23.1 Å². The van der Waals surface area contributed by atoms with E-state index in [2.05, 4.69) is 34.5 Å². The predicted molar refractivity (Wildman–Crippen MR) is 120 cm³/mol. The van der Waals surface area contributed by atoms with Gasteiger partial charge >= 0.3 is 0 Å². The van der Waals surface area contributed by atoms with Gasteiger partial charge in [0.15, 0.2) is 5.11 Å². The van der Waals surface area contributed by atoms with Crippen LogP contribution >= 0.6 is 35.4 Å². The van der Waals surface area contributed by atoms with Crippen LogP contribution in [0.1, 0.15) is 15.9 Å². The average Bonchev–Trinajstić information content (AvgIpc) is 2.69. The number of nitrogens with zero attached hydrogens (tertiary/aromatic N) is 2. The van der Waals surface area contributed by atoms with Crippen molar-refractivity contribution in [1.29, 1.82) is 0 Å². The molecule has 1 N–H and O–H groups in total. The summed E-state index contributed by atoms with van der Waals surface area (Å²) in [5.74, 6) is -0.320. The summed E-state index contributed by atoms with van der Waals surface area (Å²) < 4.78 is 0. The molecular formula is C21H21Cl2N3OS. The van der Waals surface area contributed by atoms with Crippen molar-refractivity contribution in [3.05, 3.63) is 75.8 Å². The molecule has 1 fully saturated rings. The Hall–Kier alpha value is -1.92. The van der Waals surface area contributed by atoms with Crippen LogP contribution in [0.5, 0.6) is 0 Å². The van der Waals surface area contributed by atoms with E-state index in [1.165, 1.54) is 5.56 Å². The fourth-order valence-corrected chi connectivity index (χ4v) is 3.72. The van der Waals surface area contributed by atoms with Crippen LogP contribution in [0.2, 0.25) is 10.0 Å². The Morgan fingerprint density at radius 1 is 1.07 bits per heavy atom. The lowest BCUT2D eigenvalue weighted by atomic mass is 10.2. The van der Waals surface area contributed by atoms with Crippen LogP contribution in [-0.4, -0.2) is 53.5 Å². The molecule has 0 unspecified atom stereocenters. The molecule has 3 rings (SSSR count). The topological polar surface area (TPSA) is 35.6 Å². The van der Waals surface area contributed by atoms with Gasteiger partial charge in [0.2, 0.25) is 0 Å². The maximum Gasteiger partial charge on any atom is 0.258 e. The molecule has 1 amide bonds. The smallest absolute Gasteiger partial charge is 0.258 e. The zero-order valence-corrected chi connectivity index (χ0v) is 17.6. The molecule has 0 saturated carbocycles. The lowest BCUT2D eigenvalue weighted by Gasteiger charge is -2.35. The molecule has 1 aliphatic rings. The van der Waals surface area contributed by atoms with Crippen LogP contribution in [0.15, 0.2) is 54.6 Å². The van der Waals surface area contributed by atoms with Crippen LogP contribution < -0.4 is 5.32 Å². The maximum absolute atomic E-state index is 12.4. The SMILES string of the molecule is O=C(NC(=S)N1CCN(C/C=C/c2ccccc2)CC1)c1ccc(Cl)cc1Cl. The highest BCUT2D eigenvalue weighted by atomic mass is 35.5. The highest BCUT2D eigenvalue weighted by Crippen LogP contribution is 2.20. The van der Waals surface area contributed by atoms with Crippen molar-refractivity contribution >= 4 is 52.5 Å². The van der Waals surface area contributed by atoms with Gasteiger partial charge in [-0.2, -0.15) is 0 Å². The summed E-state index contributed by atoms with van der Waals surface area (Å²) in [5, 5.41) is 3.99. The van der Waals surface area contributed by atoms with Gasteiger partial charge in [-0.05, 0) is 36.0 Å². The van der Waals surface area contributed by atoms with E-state index in [0.29, 0.717) is 20.7 Å². The molecule has 28 heavy (non-hydrogen) atoms. The number of rotatable bonds is 4. The Kier molecular flexibility index (Phi) is 7.45. The summed E-state index contributed by atoms with van der Waals surface area (Å²) in [4.78, 5) is 16.8. The summed E-state index contributed by atoms with van der Waals surface area (Å²) in [6.45, 7) is 4.20. The number of thiocarbonyl (C=S) groups is 1. The standard InChI is InChI=1S/C21H21Cl2N3OS/c22-17-8-9-18(19(23)15-17)20(27)24-21(28)26-13-11-25(12-14-26)10-4-7-16-5-2-1-3-6-16/h1-9,15H,10-14H2,(H,24,27,28)/b7-4+. The Morgan fingerprint density at radius 3 is 2.46 bits per heavy atom. The third-order valence-corrected chi connectivity index (χ3v) is 5.44. The fourth-order valence-electron chi connectivity index (χ4n) is 2.95. The van der Waals surface area contributed by atoms with Gasteiger partial charge in [-0.1, -0.05) is 65.7 Å². The number of hydrogen-bond acceptors (Lipinski definition) is 3. The number of carbonyl (C=O) groups excluding carboxylic acids is 1. The normalized spacial score (nSPS) is 15.0. The van der Waals surface area contributed by atoms with Crippen molar-refractivity contribution in [2.45, 2.75) is 0 Å². The van der Waals surface area contributed by atoms with Crippen LogP contribution in [0.25, 0.3) is 6.08 Å². The molecule has 0 aromatic heterocycles. The van der Waals surface area contributed by atoms with Crippen molar-refractivity contribution in [1.82, 2.24) is 15.1 Å². The Bertz CT molecular complexity index is 865. The van der Waals surface area contributed by atoms with Crippen molar-refractivity contribution in [2.24, 2.45) is 0 Å². The van der Waals surface area contributed by atoms with Gasteiger partial charge in [-0.25, -0.2) is 0 Å². The van der Waals surface area contributed by atoms with Gasteiger partial charge in [0, 0.05) is 37.7 Å². The number of carbonyl (C=O) groups is 1. The molecule has 0 radical (unpaired) electrons. The molecule has 0 aliphatic carbocycles. The number of amides is 1. The summed E-state index contributed by atoms with van der Waals surface area (Å²) in [5.41, 5.74) is 1.56. The van der Waals surface area contributed by atoms with Crippen molar-refractivity contribution in [2.75, 3.05) is 32.7 Å². The average molecular weight is 434 g/mol. The fraction of sp³-hybridized carbons (Fsp3) is 0.238. The maximum atomic E-state index is 12.4. The molecular weight excluding hydrogens is 413 g/mol. The summed E-state index contributed by atoms with van der Waals surface area (Å²) in [6.07, 6.45) is 4.31. The first-order valence-electron chi connectivity index (χ1n) is 9.02. The van der Waals surface area contributed by atoms with E-state index in [4.69, 9.17) is 35.4 Å². The molecule has 0 bridgehead atoms. The molecule has 1 heterocycles. The third-order valence-electron chi connectivity index (χ3n) is 4.53. The molecule has 4 nitrogen and oxygen atoms in total. The summed E-state index contributed by atoms with van der Waals surface area (Å²) in [7, 11) is 0. The number of halogens is 2. The molecule has 1 saturated heterocycles. The van der Waals surface area contributed by atoms with Gasteiger partial charge in [0.25, 0.3) is 5.91 Å². The minimum absolute atomic E-state index is 0.308. The van der Waals surface area contributed by atoms with Gasteiger partial charge in [0.1, 0.15) is 0 Å².